The molecule has 0 bridgehead atoms. The van der Waals surface area contributed by atoms with Crippen LogP contribution in [0.25, 0.3) is 0 Å². The molecule has 0 aromatic heterocycles. The summed E-state index contributed by atoms with van der Waals surface area (Å²) in [7, 11) is 3.28. The van der Waals surface area contributed by atoms with Gasteiger partial charge < -0.3 is 20.1 Å². The van der Waals surface area contributed by atoms with Gasteiger partial charge in [-0.3, -0.25) is 4.79 Å². The van der Waals surface area contributed by atoms with Crippen LogP contribution in [0.1, 0.15) is 15.9 Å². The lowest BCUT2D eigenvalue weighted by molar-refractivity contribution is 0.0948. The van der Waals surface area contributed by atoms with E-state index < -0.39 is 0 Å². The van der Waals surface area contributed by atoms with Gasteiger partial charge in [0.25, 0.3) is 5.91 Å². The molecule has 1 aromatic carbocycles. The molecule has 0 saturated carbocycles. The lowest BCUT2D eigenvalue weighted by atomic mass is 10.1. The van der Waals surface area contributed by atoms with Crippen molar-refractivity contribution in [2.75, 3.05) is 40.5 Å². The highest BCUT2D eigenvalue weighted by Gasteiger charge is 2.09. The zero-order valence-electron chi connectivity index (χ0n) is 11.6. The van der Waals surface area contributed by atoms with E-state index in [1.165, 1.54) is 0 Å². The lowest BCUT2D eigenvalue weighted by Crippen LogP contribution is -2.33. The monoisotopic (exact) mass is 266 g/mol. The van der Waals surface area contributed by atoms with E-state index in [0.29, 0.717) is 25.3 Å². The summed E-state index contributed by atoms with van der Waals surface area (Å²) in [5.41, 5.74) is 1.57. The summed E-state index contributed by atoms with van der Waals surface area (Å²) in [5.74, 6) is -0.0683. The molecule has 0 heterocycles. The highest BCUT2D eigenvalue weighted by molar-refractivity contribution is 5.95. The maximum atomic E-state index is 12.0. The number of rotatable bonds is 9. The Hall–Kier alpha value is -1.43. The van der Waals surface area contributed by atoms with Crippen LogP contribution in [-0.4, -0.2) is 46.4 Å². The molecule has 1 amide bonds. The van der Waals surface area contributed by atoms with Crippen LogP contribution in [0.4, 0.5) is 0 Å². The van der Waals surface area contributed by atoms with Crippen molar-refractivity contribution in [1.29, 1.82) is 0 Å². The molecule has 0 aliphatic heterocycles. The largest absolute Gasteiger partial charge is 0.383 e. The average Bonchev–Trinajstić information content (AvgIpc) is 2.43. The van der Waals surface area contributed by atoms with E-state index in [1.54, 1.807) is 14.2 Å². The average molecular weight is 266 g/mol. The van der Waals surface area contributed by atoms with Crippen molar-refractivity contribution in [2.24, 2.45) is 0 Å². The second-order valence-electron chi connectivity index (χ2n) is 4.09. The van der Waals surface area contributed by atoms with Gasteiger partial charge in [-0.05, 0) is 11.6 Å². The Morgan fingerprint density at radius 1 is 1.11 bits per heavy atom. The van der Waals surface area contributed by atoms with Crippen molar-refractivity contribution in [2.45, 2.75) is 6.61 Å². The first-order valence-corrected chi connectivity index (χ1v) is 6.34. The smallest absolute Gasteiger partial charge is 0.251 e. The van der Waals surface area contributed by atoms with Crippen molar-refractivity contribution < 1.29 is 14.3 Å². The molecule has 1 aromatic rings. The Morgan fingerprint density at radius 2 is 1.89 bits per heavy atom. The van der Waals surface area contributed by atoms with E-state index in [4.69, 9.17) is 9.47 Å². The number of benzene rings is 1. The third-order valence-corrected chi connectivity index (χ3v) is 2.63. The van der Waals surface area contributed by atoms with Gasteiger partial charge in [-0.2, -0.15) is 0 Å². The molecular weight excluding hydrogens is 244 g/mol. The fraction of sp³-hybridized carbons (Fsp3) is 0.500. The van der Waals surface area contributed by atoms with Gasteiger partial charge in [0.15, 0.2) is 0 Å². The topological polar surface area (TPSA) is 59.6 Å². The fourth-order valence-corrected chi connectivity index (χ4v) is 1.68. The molecule has 0 aliphatic rings. The number of nitrogens with one attached hydrogen (secondary N) is 2. The van der Waals surface area contributed by atoms with E-state index in [-0.39, 0.29) is 5.91 Å². The van der Waals surface area contributed by atoms with Crippen LogP contribution in [-0.2, 0) is 16.1 Å². The zero-order valence-corrected chi connectivity index (χ0v) is 11.6. The summed E-state index contributed by atoms with van der Waals surface area (Å²) in [5, 5.41) is 6.05. The standard InChI is InChI=1S/C14H22N2O3/c1-18-10-9-15-7-8-16-14(17)13-6-4-3-5-12(13)11-19-2/h3-6,15H,7-11H2,1-2H3,(H,16,17). The molecule has 0 unspecified atom stereocenters. The summed E-state index contributed by atoms with van der Waals surface area (Å²) in [6.07, 6.45) is 0. The molecule has 19 heavy (non-hydrogen) atoms. The lowest BCUT2D eigenvalue weighted by Gasteiger charge is -2.10. The summed E-state index contributed by atoms with van der Waals surface area (Å²) in [4.78, 5) is 12.0. The van der Waals surface area contributed by atoms with Crippen molar-refractivity contribution in [3.8, 4) is 0 Å². The number of hydrogen-bond donors (Lipinski definition) is 2. The number of carbonyl (C=O) groups excluding carboxylic acids is 1. The van der Waals surface area contributed by atoms with Gasteiger partial charge in [0, 0.05) is 39.4 Å². The molecule has 0 spiro atoms. The number of ether oxygens (including phenoxy) is 2. The molecule has 5 nitrogen and oxygen atoms in total. The number of carbonyl (C=O) groups is 1. The molecular formula is C14H22N2O3. The normalized spacial score (nSPS) is 10.4. The van der Waals surface area contributed by atoms with Crippen molar-refractivity contribution >= 4 is 5.91 Å². The van der Waals surface area contributed by atoms with E-state index in [1.807, 2.05) is 24.3 Å². The Morgan fingerprint density at radius 3 is 2.63 bits per heavy atom. The highest BCUT2D eigenvalue weighted by Crippen LogP contribution is 2.09. The molecule has 0 aliphatic carbocycles. The first kappa shape index (κ1) is 15.6. The molecule has 0 fully saturated rings. The Balaban J connectivity index is 2.36. The maximum absolute atomic E-state index is 12.0. The zero-order chi connectivity index (χ0) is 13.9. The Bertz CT molecular complexity index is 383. The first-order valence-electron chi connectivity index (χ1n) is 6.34. The number of hydrogen-bond acceptors (Lipinski definition) is 4. The van der Waals surface area contributed by atoms with E-state index >= 15 is 0 Å². The van der Waals surface area contributed by atoms with Crippen LogP contribution in [0, 0.1) is 0 Å². The summed E-state index contributed by atoms with van der Waals surface area (Å²) < 4.78 is 10.0. The van der Waals surface area contributed by atoms with Gasteiger partial charge in [0.2, 0.25) is 0 Å². The van der Waals surface area contributed by atoms with Gasteiger partial charge in [-0.25, -0.2) is 0 Å². The van der Waals surface area contributed by atoms with Crippen LogP contribution in [0.2, 0.25) is 0 Å². The quantitative estimate of drug-likeness (QED) is 0.649. The van der Waals surface area contributed by atoms with Crippen molar-refractivity contribution in [3.63, 3.8) is 0 Å². The Kier molecular flexibility index (Phi) is 7.81. The van der Waals surface area contributed by atoms with Crippen LogP contribution in [0.5, 0.6) is 0 Å². The maximum Gasteiger partial charge on any atom is 0.251 e. The van der Waals surface area contributed by atoms with Crippen LogP contribution < -0.4 is 10.6 Å². The third-order valence-electron chi connectivity index (χ3n) is 2.63. The Labute approximate surface area is 114 Å². The summed E-state index contributed by atoms with van der Waals surface area (Å²) in [6, 6.07) is 7.46. The SMILES string of the molecule is COCCNCCNC(=O)c1ccccc1COC. The molecule has 2 N–H and O–H groups in total. The first-order chi connectivity index (χ1) is 9.29. The van der Waals surface area contributed by atoms with Gasteiger partial charge in [0.05, 0.1) is 13.2 Å². The minimum atomic E-state index is -0.0683. The minimum absolute atomic E-state index is 0.0683. The number of amides is 1. The van der Waals surface area contributed by atoms with Crippen molar-refractivity contribution in [1.82, 2.24) is 10.6 Å². The summed E-state index contributed by atoms with van der Waals surface area (Å²) in [6.45, 7) is 3.21. The molecule has 0 radical (unpaired) electrons. The summed E-state index contributed by atoms with van der Waals surface area (Å²) >= 11 is 0. The third kappa shape index (κ3) is 5.83. The van der Waals surface area contributed by atoms with Gasteiger partial charge in [-0.1, -0.05) is 18.2 Å². The predicted molar refractivity (Wildman–Crippen MR) is 74.2 cm³/mol. The highest BCUT2D eigenvalue weighted by atomic mass is 16.5. The number of methoxy groups -OCH3 is 2. The van der Waals surface area contributed by atoms with Crippen LogP contribution in [0.15, 0.2) is 24.3 Å². The molecule has 106 valence electrons. The van der Waals surface area contributed by atoms with Gasteiger partial charge in [-0.15, -0.1) is 0 Å². The fourth-order valence-electron chi connectivity index (χ4n) is 1.68. The van der Waals surface area contributed by atoms with E-state index in [2.05, 4.69) is 10.6 Å². The van der Waals surface area contributed by atoms with Gasteiger partial charge >= 0.3 is 0 Å². The second-order valence-corrected chi connectivity index (χ2v) is 4.09. The molecule has 5 heteroatoms. The van der Waals surface area contributed by atoms with E-state index in [0.717, 1.165) is 18.7 Å². The van der Waals surface area contributed by atoms with E-state index in [9.17, 15) is 4.79 Å². The van der Waals surface area contributed by atoms with Gasteiger partial charge in [0.1, 0.15) is 0 Å². The van der Waals surface area contributed by atoms with Crippen LogP contribution >= 0.6 is 0 Å². The van der Waals surface area contributed by atoms with Crippen molar-refractivity contribution in [3.05, 3.63) is 35.4 Å². The second kappa shape index (κ2) is 9.49. The molecule has 0 saturated heterocycles. The molecule has 1 rings (SSSR count). The van der Waals surface area contributed by atoms with Crippen LogP contribution in [0.3, 0.4) is 0 Å². The minimum Gasteiger partial charge on any atom is -0.383 e. The predicted octanol–water partition coefficient (Wildman–Crippen LogP) is 0.799. The molecule has 0 atom stereocenters.